The first-order valence-electron chi connectivity index (χ1n) is 6.40. The molecule has 2 saturated heterocycles. The van der Waals surface area contributed by atoms with E-state index in [0.29, 0.717) is 12.1 Å². The standard InChI is InChI=1S/C13H18N2O2S/c1-17-11-6-12(18-7-11)13(16)15-9-2-3-10(15)5-8(14)4-9/h6-10H,2-5,14H2,1H3. The normalized spacial score (nSPS) is 30.6. The van der Waals surface area contributed by atoms with Gasteiger partial charge in [0.05, 0.1) is 12.0 Å². The molecule has 2 unspecified atom stereocenters. The summed E-state index contributed by atoms with van der Waals surface area (Å²) in [6.45, 7) is 0. The van der Waals surface area contributed by atoms with Gasteiger partial charge in [-0.25, -0.2) is 0 Å². The third kappa shape index (κ3) is 1.91. The number of fused-ring (bicyclic) bond motifs is 2. The zero-order valence-electron chi connectivity index (χ0n) is 10.5. The molecule has 2 bridgehead atoms. The summed E-state index contributed by atoms with van der Waals surface area (Å²) in [6, 6.07) is 2.80. The van der Waals surface area contributed by atoms with E-state index >= 15 is 0 Å². The summed E-state index contributed by atoms with van der Waals surface area (Å²) in [5.41, 5.74) is 6.03. The molecule has 2 fully saturated rings. The summed E-state index contributed by atoms with van der Waals surface area (Å²) in [6.07, 6.45) is 4.11. The zero-order valence-corrected chi connectivity index (χ0v) is 11.3. The predicted molar refractivity (Wildman–Crippen MR) is 71.1 cm³/mol. The van der Waals surface area contributed by atoms with Crippen molar-refractivity contribution in [1.29, 1.82) is 0 Å². The summed E-state index contributed by atoms with van der Waals surface area (Å²) in [5, 5.41) is 1.88. The van der Waals surface area contributed by atoms with Gasteiger partial charge in [0.25, 0.3) is 5.91 Å². The smallest absolute Gasteiger partial charge is 0.264 e. The van der Waals surface area contributed by atoms with E-state index < -0.39 is 0 Å². The summed E-state index contributed by atoms with van der Waals surface area (Å²) in [4.78, 5) is 15.4. The predicted octanol–water partition coefficient (Wildman–Crippen LogP) is 1.85. The van der Waals surface area contributed by atoms with Crippen molar-refractivity contribution in [1.82, 2.24) is 4.90 Å². The molecular weight excluding hydrogens is 248 g/mol. The Morgan fingerprint density at radius 3 is 2.67 bits per heavy atom. The van der Waals surface area contributed by atoms with Gasteiger partial charge in [-0.1, -0.05) is 0 Å². The minimum absolute atomic E-state index is 0.155. The second-order valence-electron chi connectivity index (χ2n) is 5.18. The molecule has 5 heteroatoms. The third-order valence-corrected chi connectivity index (χ3v) is 4.92. The Labute approximate surface area is 111 Å². The molecule has 3 rings (SSSR count). The Balaban J connectivity index is 1.81. The molecule has 98 valence electrons. The molecule has 0 spiro atoms. The summed E-state index contributed by atoms with van der Waals surface area (Å²) >= 11 is 1.46. The van der Waals surface area contributed by atoms with Crippen LogP contribution in [0.3, 0.4) is 0 Å². The van der Waals surface area contributed by atoms with Crippen molar-refractivity contribution in [2.24, 2.45) is 5.73 Å². The van der Waals surface area contributed by atoms with E-state index in [4.69, 9.17) is 10.5 Å². The molecule has 0 saturated carbocycles. The maximum atomic E-state index is 12.5. The van der Waals surface area contributed by atoms with Crippen molar-refractivity contribution in [2.75, 3.05) is 7.11 Å². The number of amides is 1. The van der Waals surface area contributed by atoms with Crippen molar-refractivity contribution < 1.29 is 9.53 Å². The molecule has 2 N–H and O–H groups in total. The van der Waals surface area contributed by atoms with Crippen LogP contribution in [0.4, 0.5) is 0 Å². The lowest BCUT2D eigenvalue weighted by molar-refractivity contribution is 0.0580. The quantitative estimate of drug-likeness (QED) is 0.889. The molecule has 1 aromatic heterocycles. The van der Waals surface area contributed by atoms with Gasteiger partial charge in [-0.15, -0.1) is 11.3 Å². The minimum Gasteiger partial charge on any atom is -0.496 e. The number of hydrogen-bond acceptors (Lipinski definition) is 4. The Morgan fingerprint density at radius 1 is 1.44 bits per heavy atom. The fourth-order valence-electron chi connectivity index (χ4n) is 3.22. The molecular formula is C13H18N2O2S. The van der Waals surface area contributed by atoms with Crippen LogP contribution in [0.5, 0.6) is 5.75 Å². The average Bonchev–Trinajstić information content (AvgIpc) is 2.92. The molecule has 2 atom stereocenters. The van der Waals surface area contributed by atoms with Crippen LogP contribution in [0.2, 0.25) is 0 Å². The maximum Gasteiger partial charge on any atom is 0.264 e. The Bertz CT molecular complexity index is 446. The van der Waals surface area contributed by atoms with E-state index in [9.17, 15) is 4.79 Å². The highest BCUT2D eigenvalue weighted by molar-refractivity contribution is 7.12. The first-order valence-corrected chi connectivity index (χ1v) is 7.27. The van der Waals surface area contributed by atoms with Crippen LogP contribution in [0.25, 0.3) is 0 Å². The lowest BCUT2D eigenvalue weighted by Crippen LogP contribution is -2.49. The number of thiophene rings is 1. The van der Waals surface area contributed by atoms with Crippen LogP contribution in [0, 0.1) is 0 Å². The lowest BCUT2D eigenvalue weighted by atomic mass is 9.98. The highest BCUT2D eigenvalue weighted by Crippen LogP contribution is 2.37. The Kier molecular flexibility index (Phi) is 3.03. The van der Waals surface area contributed by atoms with E-state index in [1.165, 1.54) is 11.3 Å². The van der Waals surface area contributed by atoms with Crippen molar-refractivity contribution in [3.63, 3.8) is 0 Å². The second kappa shape index (κ2) is 4.55. The van der Waals surface area contributed by atoms with Gasteiger partial charge in [0.1, 0.15) is 5.75 Å². The molecule has 3 heterocycles. The second-order valence-corrected chi connectivity index (χ2v) is 6.09. The Morgan fingerprint density at radius 2 is 2.11 bits per heavy atom. The number of rotatable bonds is 2. The molecule has 0 aliphatic carbocycles. The number of hydrogen-bond donors (Lipinski definition) is 1. The molecule has 0 radical (unpaired) electrons. The summed E-state index contributed by atoms with van der Waals surface area (Å²) in [7, 11) is 1.62. The van der Waals surface area contributed by atoms with Crippen molar-refractivity contribution in [3.8, 4) is 5.75 Å². The summed E-state index contributed by atoms with van der Waals surface area (Å²) in [5.74, 6) is 0.923. The number of nitrogens with zero attached hydrogens (tertiary/aromatic N) is 1. The third-order valence-electron chi connectivity index (χ3n) is 4.03. The molecule has 2 aliphatic heterocycles. The number of carbonyl (C=O) groups excluding carboxylic acids is 1. The fraction of sp³-hybridized carbons (Fsp3) is 0.615. The number of carbonyl (C=O) groups is 1. The highest BCUT2D eigenvalue weighted by Gasteiger charge is 2.42. The summed E-state index contributed by atoms with van der Waals surface area (Å²) < 4.78 is 5.14. The molecule has 1 amide bonds. The molecule has 0 aromatic carbocycles. The monoisotopic (exact) mass is 266 g/mol. The lowest BCUT2D eigenvalue weighted by Gasteiger charge is -2.37. The number of methoxy groups -OCH3 is 1. The minimum atomic E-state index is 0.155. The SMILES string of the molecule is COc1csc(C(=O)N2C3CCC2CC(N)C3)c1. The van der Waals surface area contributed by atoms with E-state index in [0.717, 1.165) is 36.3 Å². The van der Waals surface area contributed by atoms with E-state index in [-0.39, 0.29) is 11.9 Å². The zero-order chi connectivity index (χ0) is 12.7. The van der Waals surface area contributed by atoms with Crippen LogP contribution in [-0.2, 0) is 0 Å². The van der Waals surface area contributed by atoms with Gasteiger partial charge < -0.3 is 15.4 Å². The van der Waals surface area contributed by atoms with Gasteiger partial charge in [-0.05, 0) is 25.7 Å². The van der Waals surface area contributed by atoms with E-state index in [2.05, 4.69) is 4.90 Å². The van der Waals surface area contributed by atoms with Gasteiger partial charge in [0.15, 0.2) is 0 Å². The largest absolute Gasteiger partial charge is 0.496 e. The van der Waals surface area contributed by atoms with Crippen LogP contribution in [0.15, 0.2) is 11.4 Å². The Hall–Kier alpha value is -1.07. The molecule has 1 aromatic rings. The average molecular weight is 266 g/mol. The van der Waals surface area contributed by atoms with Gasteiger partial charge in [-0.3, -0.25) is 4.79 Å². The number of piperidine rings is 1. The van der Waals surface area contributed by atoms with Gasteiger partial charge in [-0.2, -0.15) is 0 Å². The van der Waals surface area contributed by atoms with Crippen molar-refractivity contribution >= 4 is 17.2 Å². The molecule has 4 nitrogen and oxygen atoms in total. The maximum absolute atomic E-state index is 12.5. The van der Waals surface area contributed by atoms with Crippen LogP contribution >= 0.6 is 11.3 Å². The van der Waals surface area contributed by atoms with Crippen molar-refractivity contribution in [2.45, 2.75) is 43.8 Å². The molecule has 2 aliphatic rings. The highest BCUT2D eigenvalue weighted by atomic mass is 32.1. The van der Waals surface area contributed by atoms with Crippen LogP contribution in [0.1, 0.15) is 35.4 Å². The fourth-order valence-corrected chi connectivity index (χ4v) is 4.01. The van der Waals surface area contributed by atoms with Crippen molar-refractivity contribution in [3.05, 3.63) is 16.3 Å². The van der Waals surface area contributed by atoms with Crippen LogP contribution in [-0.4, -0.2) is 36.0 Å². The van der Waals surface area contributed by atoms with Gasteiger partial charge in [0.2, 0.25) is 0 Å². The van der Waals surface area contributed by atoms with E-state index in [1.54, 1.807) is 7.11 Å². The topological polar surface area (TPSA) is 55.6 Å². The first kappa shape index (κ1) is 12.0. The van der Waals surface area contributed by atoms with Gasteiger partial charge in [0, 0.05) is 29.6 Å². The van der Waals surface area contributed by atoms with E-state index in [1.807, 2.05) is 11.4 Å². The van der Waals surface area contributed by atoms with Gasteiger partial charge >= 0.3 is 0 Å². The number of ether oxygens (including phenoxy) is 1. The number of nitrogens with two attached hydrogens (primary N) is 1. The molecule has 18 heavy (non-hydrogen) atoms. The first-order chi connectivity index (χ1) is 8.69. The van der Waals surface area contributed by atoms with Crippen LogP contribution < -0.4 is 10.5 Å².